The fourth-order valence-electron chi connectivity index (χ4n) is 3.33. The maximum atomic E-state index is 12.4. The lowest BCUT2D eigenvalue weighted by Gasteiger charge is -2.17. The van der Waals surface area contributed by atoms with E-state index in [1.807, 2.05) is 24.3 Å². The fourth-order valence-corrected chi connectivity index (χ4v) is 4.81. The molecule has 2 atom stereocenters. The molecular formula is C15H21NO3S. The molecule has 0 amide bonds. The number of nitrogens with one attached hydrogen (secondary N) is 1. The summed E-state index contributed by atoms with van der Waals surface area (Å²) >= 11 is 0. The molecule has 1 fully saturated rings. The quantitative estimate of drug-likeness (QED) is 0.878. The Morgan fingerprint density at radius 2 is 1.80 bits per heavy atom. The highest BCUT2D eigenvalue weighted by atomic mass is 32.2. The number of benzene rings is 1. The second-order valence-electron chi connectivity index (χ2n) is 5.95. The van der Waals surface area contributed by atoms with Gasteiger partial charge in [0.1, 0.15) is 0 Å². The number of fused-ring (bicyclic) bond motifs is 1. The Bertz CT molecular complexity index is 560. The van der Waals surface area contributed by atoms with Crippen LogP contribution in [0.1, 0.15) is 30.4 Å². The topological polar surface area (TPSA) is 66.4 Å². The molecular weight excluding hydrogens is 274 g/mol. The van der Waals surface area contributed by atoms with Crippen LogP contribution >= 0.6 is 0 Å². The van der Waals surface area contributed by atoms with Crippen molar-refractivity contribution in [3.63, 3.8) is 0 Å². The first-order valence-electron chi connectivity index (χ1n) is 7.29. The molecule has 2 aliphatic rings. The van der Waals surface area contributed by atoms with E-state index in [1.54, 1.807) is 0 Å². The zero-order valence-electron chi connectivity index (χ0n) is 11.5. The van der Waals surface area contributed by atoms with Crippen LogP contribution in [0.5, 0.6) is 0 Å². The Kier molecular flexibility index (Phi) is 3.84. The van der Waals surface area contributed by atoms with Crippen LogP contribution in [0.15, 0.2) is 24.3 Å². The molecule has 3 rings (SSSR count). The molecule has 0 unspecified atom stereocenters. The SMILES string of the molecule is O=S(=O)(NC[C@H]1CCC[C@H]1O)C1Cc2ccccc2C1. The standard InChI is InChI=1S/C15H21NO3S/c17-15-7-3-6-13(15)10-16-20(18,19)14-8-11-4-1-2-5-12(11)9-14/h1-2,4-5,13-17H,3,6-10H2/t13-,15-/m1/s1. The Morgan fingerprint density at radius 1 is 1.15 bits per heavy atom. The lowest BCUT2D eigenvalue weighted by molar-refractivity contribution is 0.134. The normalized spacial score (nSPS) is 26.9. The zero-order chi connectivity index (χ0) is 14.2. The van der Waals surface area contributed by atoms with Crippen molar-refractivity contribution in [3.05, 3.63) is 35.4 Å². The van der Waals surface area contributed by atoms with Crippen molar-refractivity contribution in [2.24, 2.45) is 5.92 Å². The molecule has 110 valence electrons. The molecule has 0 saturated heterocycles. The Hall–Kier alpha value is -0.910. The predicted molar refractivity (Wildman–Crippen MR) is 77.9 cm³/mol. The first kappa shape index (κ1) is 14.0. The maximum Gasteiger partial charge on any atom is 0.215 e. The van der Waals surface area contributed by atoms with E-state index >= 15 is 0 Å². The highest BCUT2D eigenvalue weighted by Gasteiger charge is 2.33. The fraction of sp³-hybridized carbons (Fsp3) is 0.600. The summed E-state index contributed by atoms with van der Waals surface area (Å²) in [6.45, 7) is 0.371. The zero-order valence-corrected chi connectivity index (χ0v) is 12.3. The molecule has 4 nitrogen and oxygen atoms in total. The highest BCUT2D eigenvalue weighted by molar-refractivity contribution is 7.90. The molecule has 0 spiro atoms. The summed E-state index contributed by atoms with van der Waals surface area (Å²) in [6, 6.07) is 7.92. The van der Waals surface area contributed by atoms with Gasteiger partial charge in [0.25, 0.3) is 0 Å². The minimum Gasteiger partial charge on any atom is -0.393 e. The third-order valence-electron chi connectivity index (χ3n) is 4.62. The third kappa shape index (κ3) is 2.75. The van der Waals surface area contributed by atoms with Crippen molar-refractivity contribution in [1.82, 2.24) is 4.72 Å². The maximum absolute atomic E-state index is 12.4. The van der Waals surface area contributed by atoms with Gasteiger partial charge in [0, 0.05) is 6.54 Å². The van der Waals surface area contributed by atoms with Crippen LogP contribution in [0.2, 0.25) is 0 Å². The van der Waals surface area contributed by atoms with Crippen molar-refractivity contribution >= 4 is 10.0 Å². The summed E-state index contributed by atoms with van der Waals surface area (Å²) in [7, 11) is -3.30. The van der Waals surface area contributed by atoms with Gasteiger partial charge in [-0.1, -0.05) is 30.7 Å². The molecule has 0 radical (unpaired) electrons. The monoisotopic (exact) mass is 295 g/mol. The minimum atomic E-state index is -3.30. The average molecular weight is 295 g/mol. The van der Waals surface area contributed by atoms with Gasteiger partial charge in [-0.25, -0.2) is 13.1 Å². The number of hydrogen-bond donors (Lipinski definition) is 2. The Labute approximate surface area is 120 Å². The average Bonchev–Trinajstić information content (AvgIpc) is 3.02. The first-order valence-corrected chi connectivity index (χ1v) is 8.84. The number of aliphatic hydroxyl groups is 1. The molecule has 0 heterocycles. The van der Waals surface area contributed by atoms with Gasteiger partial charge in [-0.05, 0) is 42.7 Å². The number of hydrogen-bond acceptors (Lipinski definition) is 3. The number of rotatable bonds is 4. The summed E-state index contributed by atoms with van der Waals surface area (Å²) < 4.78 is 27.5. The van der Waals surface area contributed by atoms with Crippen LogP contribution in [0.25, 0.3) is 0 Å². The summed E-state index contributed by atoms with van der Waals surface area (Å²) in [5.74, 6) is 0.0774. The molecule has 0 bridgehead atoms. The third-order valence-corrected chi connectivity index (χ3v) is 6.40. The van der Waals surface area contributed by atoms with Gasteiger partial charge >= 0.3 is 0 Å². The summed E-state index contributed by atoms with van der Waals surface area (Å²) in [6.07, 6.45) is 3.54. The lowest BCUT2D eigenvalue weighted by atomic mass is 10.1. The van der Waals surface area contributed by atoms with Crippen molar-refractivity contribution in [3.8, 4) is 0 Å². The van der Waals surface area contributed by atoms with Gasteiger partial charge in [-0.2, -0.15) is 0 Å². The minimum absolute atomic E-state index is 0.0774. The molecule has 1 aromatic rings. The van der Waals surface area contributed by atoms with Crippen LogP contribution in [0.3, 0.4) is 0 Å². The summed E-state index contributed by atoms with van der Waals surface area (Å²) in [5.41, 5.74) is 2.28. The van der Waals surface area contributed by atoms with E-state index in [-0.39, 0.29) is 17.3 Å². The van der Waals surface area contributed by atoms with Crippen LogP contribution in [0, 0.1) is 5.92 Å². The van der Waals surface area contributed by atoms with Gasteiger partial charge in [0.2, 0.25) is 10.0 Å². The van der Waals surface area contributed by atoms with Crippen LogP contribution in [-0.4, -0.2) is 31.4 Å². The van der Waals surface area contributed by atoms with Crippen molar-refractivity contribution < 1.29 is 13.5 Å². The summed E-state index contributed by atoms with van der Waals surface area (Å²) in [5, 5.41) is 9.40. The van der Waals surface area contributed by atoms with Crippen molar-refractivity contribution in [2.75, 3.05) is 6.54 Å². The van der Waals surface area contributed by atoms with Crippen LogP contribution in [0.4, 0.5) is 0 Å². The van der Waals surface area contributed by atoms with Gasteiger partial charge in [0.15, 0.2) is 0 Å². The van der Waals surface area contributed by atoms with E-state index in [9.17, 15) is 13.5 Å². The smallest absolute Gasteiger partial charge is 0.215 e. The van der Waals surface area contributed by atoms with Gasteiger partial charge in [-0.15, -0.1) is 0 Å². The first-order chi connectivity index (χ1) is 9.56. The molecule has 20 heavy (non-hydrogen) atoms. The molecule has 5 heteroatoms. The Morgan fingerprint density at radius 3 is 2.35 bits per heavy atom. The van der Waals surface area contributed by atoms with Gasteiger partial charge in [-0.3, -0.25) is 0 Å². The second kappa shape index (κ2) is 5.47. The van der Waals surface area contributed by atoms with Gasteiger partial charge in [0.05, 0.1) is 11.4 Å². The molecule has 2 aliphatic carbocycles. The Balaban J connectivity index is 1.62. The summed E-state index contributed by atoms with van der Waals surface area (Å²) in [4.78, 5) is 0. The van der Waals surface area contributed by atoms with E-state index in [1.165, 1.54) is 0 Å². The van der Waals surface area contributed by atoms with Crippen LogP contribution in [-0.2, 0) is 22.9 Å². The predicted octanol–water partition coefficient (Wildman–Crippen LogP) is 1.23. The lowest BCUT2D eigenvalue weighted by Crippen LogP contribution is -2.39. The second-order valence-corrected chi connectivity index (χ2v) is 8.00. The van der Waals surface area contributed by atoms with Crippen molar-refractivity contribution in [1.29, 1.82) is 0 Å². The van der Waals surface area contributed by atoms with E-state index in [0.29, 0.717) is 19.4 Å². The largest absolute Gasteiger partial charge is 0.393 e. The van der Waals surface area contributed by atoms with E-state index in [2.05, 4.69) is 4.72 Å². The highest BCUT2D eigenvalue weighted by Crippen LogP contribution is 2.27. The van der Waals surface area contributed by atoms with Crippen LogP contribution < -0.4 is 4.72 Å². The molecule has 1 aromatic carbocycles. The van der Waals surface area contributed by atoms with Gasteiger partial charge < -0.3 is 5.11 Å². The van der Waals surface area contributed by atoms with E-state index < -0.39 is 10.0 Å². The van der Waals surface area contributed by atoms with E-state index in [4.69, 9.17) is 0 Å². The molecule has 2 N–H and O–H groups in total. The molecule has 0 aliphatic heterocycles. The van der Waals surface area contributed by atoms with E-state index in [0.717, 1.165) is 30.4 Å². The molecule has 0 aromatic heterocycles. The molecule has 1 saturated carbocycles. The van der Waals surface area contributed by atoms with Crippen molar-refractivity contribution in [2.45, 2.75) is 43.5 Å². The number of sulfonamides is 1. The number of aliphatic hydroxyl groups excluding tert-OH is 1.